The van der Waals surface area contributed by atoms with Gasteiger partial charge in [-0.2, -0.15) is 0 Å². The number of likely N-dealkylation sites (tertiary alicyclic amines) is 1. The number of amides is 1. The molecule has 1 aliphatic rings. The molecule has 4 heteroatoms. The lowest BCUT2D eigenvalue weighted by atomic mass is 9.98. The van der Waals surface area contributed by atoms with Gasteiger partial charge in [-0.25, -0.2) is 0 Å². The summed E-state index contributed by atoms with van der Waals surface area (Å²) >= 11 is 0. The highest BCUT2D eigenvalue weighted by Crippen LogP contribution is 2.13. The molecular weight excluding hydrogens is 178 g/mol. The zero-order chi connectivity index (χ0) is 10.6. The quantitative estimate of drug-likeness (QED) is 0.661. The van der Waals surface area contributed by atoms with Crippen LogP contribution in [0.15, 0.2) is 0 Å². The lowest BCUT2D eigenvalue weighted by molar-refractivity contribution is -0.122. The van der Waals surface area contributed by atoms with Gasteiger partial charge >= 0.3 is 0 Å². The van der Waals surface area contributed by atoms with Crippen molar-refractivity contribution in [2.75, 3.05) is 26.7 Å². The first-order valence-corrected chi connectivity index (χ1v) is 5.31. The van der Waals surface area contributed by atoms with Crippen LogP contribution in [0, 0.1) is 5.92 Å². The van der Waals surface area contributed by atoms with E-state index < -0.39 is 6.04 Å². The van der Waals surface area contributed by atoms with Crippen LogP contribution >= 0.6 is 0 Å². The Morgan fingerprint density at radius 2 is 2.43 bits per heavy atom. The van der Waals surface area contributed by atoms with Gasteiger partial charge in [-0.1, -0.05) is 0 Å². The number of hydrogen-bond acceptors (Lipinski definition) is 3. The van der Waals surface area contributed by atoms with Gasteiger partial charge < -0.3 is 16.0 Å². The van der Waals surface area contributed by atoms with Crippen LogP contribution < -0.4 is 11.1 Å². The van der Waals surface area contributed by atoms with Gasteiger partial charge in [-0.05, 0) is 39.3 Å². The Morgan fingerprint density at radius 1 is 1.71 bits per heavy atom. The molecule has 1 fully saturated rings. The first-order chi connectivity index (χ1) is 6.59. The molecule has 1 saturated heterocycles. The Labute approximate surface area is 85.8 Å². The van der Waals surface area contributed by atoms with Crippen LogP contribution in [0.4, 0.5) is 0 Å². The van der Waals surface area contributed by atoms with Crippen LogP contribution in [-0.4, -0.2) is 43.5 Å². The van der Waals surface area contributed by atoms with Gasteiger partial charge in [0.2, 0.25) is 5.91 Å². The van der Waals surface area contributed by atoms with Crippen molar-refractivity contribution < 1.29 is 4.79 Å². The average Bonchev–Trinajstić information content (AvgIpc) is 2.14. The fourth-order valence-electron chi connectivity index (χ4n) is 1.85. The second-order valence-electron chi connectivity index (χ2n) is 4.30. The molecule has 3 N–H and O–H groups in total. The summed E-state index contributed by atoms with van der Waals surface area (Å²) in [5.74, 6) is 0.551. The summed E-state index contributed by atoms with van der Waals surface area (Å²) in [6.45, 7) is 4.74. The summed E-state index contributed by atoms with van der Waals surface area (Å²) in [5.41, 5.74) is 5.46. The maximum atomic E-state index is 11.2. The number of piperidine rings is 1. The minimum Gasteiger partial charge on any atom is -0.354 e. The molecule has 0 aromatic rings. The summed E-state index contributed by atoms with van der Waals surface area (Å²) in [4.78, 5) is 13.5. The van der Waals surface area contributed by atoms with Crippen molar-refractivity contribution in [3.8, 4) is 0 Å². The highest BCUT2D eigenvalue weighted by Gasteiger charge is 2.18. The standard InChI is InChI=1S/C10H21N3O/c1-8(11)10(14)12-6-9-4-3-5-13(2)7-9/h8-9H,3-7,11H2,1-2H3,(H,12,14)/t8-,9?/m1/s1. The average molecular weight is 199 g/mol. The van der Waals surface area contributed by atoms with Gasteiger partial charge in [0.25, 0.3) is 0 Å². The van der Waals surface area contributed by atoms with E-state index >= 15 is 0 Å². The number of carbonyl (C=O) groups is 1. The van der Waals surface area contributed by atoms with E-state index in [2.05, 4.69) is 17.3 Å². The van der Waals surface area contributed by atoms with Crippen LogP contribution in [0.1, 0.15) is 19.8 Å². The molecule has 1 aliphatic heterocycles. The number of nitrogens with two attached hydrogens (primary N) is 1. The molecule has 0 saturated carbocycles. The first kappa shape index (κ1) is 11.5. The van der Waals surface area contributed by atoms with Crippen molar-refractivity contribution in [3.05, 3.63) is 0 Å². The number of nitrogens with one attached hydrogen (secondary N) is 1. The molecule has 1 heterocycles. The number of hydrogen-bond donors (Lipinski definition) is 2. The SMILES string of the molecule is C[C@@H](N)C(=O)NCC1CCCN(C)C1. The smallest absolute Gasteiger partial charge is 0.236 e. The first-order valence-electron chi connectivity index (χ1n) is 5.31. The molecule has 2 atom stereocenters. The van der Waals surface area contributed by atoms with Crippen molar-refractivity contribution in [2.45, 2.75) is 25.8 Å². The van der Waals surface area contributed by atoms with E-state index in [0.29, 0.717) is 5.92 Å². The third kappa shape index (κ3) is 3.64. The van der Waals surface area contributed by atoms with Crippen LogP contribution in [-0.2, 0) is 4.79 Å². The molecule has 14 heavy (non-hydrogen) atoms. The van der Waals surface area contributed by atoms with Crippen molar-refractivity contribution in [2.24, 2.45) is 11.7 Å². The Bertz CT molecular complexity index is 194. The van der Waals surface area contributed by atoms with E-state index in [1.165, 1.54) is 19.4 Å². The minimum absolute atomic E-state index is 0.0433. The number of rotatable bonds is 3. The molecule has 0 bridgehead atoms. The lowest BCUT2D eigenvalue weighted by Gasteiger charge is -2.29. The molecule has 1 amide bonds. The molecule has 0 aromatic carbocycles. The topological polar surface area (TPSA) is 58.4 Å². The predicted molar refractivity (Wildman–Crippen MR) is 56.9 cm³/mol. The molecule has 4 nitrogen and oxygen atoms in total. The minimum atomic E-state index is -0.392. The summed E-state index contributed by atoms with van der Waals surface area (Å²) in [5, 5.41) is 2.88. The Morgan fingerprint density at radius 3 is 3.00 bits per heavy atom. The van der Waals surface area contributed by atoms with E-state index in [0.717, 1.165) is 13.1 Å². The molecule has 0 aliphatic carbocycles. The summed E-state index contributed by atoms with van der Waals surface area (Å²) in [6, 6.07) is -0.392. The van der Waals surface area contributed by atoms with Crippen LogP contribution in [0.3, 0.4) is 0 Å². The summed E-state index contributed by atoms with van der Waals surface area (Å²) in [7, 11) is 2.12. The van der Waals surface area contributed by atoms with E-state index in [1.54, 1.807) is 6.92 Å². The maximum Gasteiger partial charge on any atom is 0.236 e. The third-order valence-corrected chi connectivity index (χ3v) is 2.70. The molecule has 82 valence electrons. The van der Waals surface area contributed by atoms with Gasteiger partial charge in [-0.15, -0.1) is 0 Å². The Balaban J connectivity index is 2.20. The molecule has 1 rings (SSSR count). The number of nitrogens with zero attached hydrogens (tertiary/aromatic N) is 1. The molecule has 1 unspecified atom stereocenters. The normalized spacial score (nSPS) is 25.8. The van der Waals surface area contributed by atoms with Gasteiger partial charge in [0.05, 0.1) is 6.04 Å². The zero-order valence-electron chi connectivity index (χ0n) is 9.12. The molecule has 0 aromatic heterocycles. The molecule has 0 radical (unpaired) electrons. The van der Waals surface area contributed by atoms with Crippen LogP contribution in [0.5, 0.6) is 0 Å². The van der Waals surface area contributed by atoms with E-state index in [-0.39, 0.29) is 5.91 Å². The van der Waals surface area contributed by atoms with Crippen LogP contribution in [0.25, 0.3) is 0 Å². The van der Waals surface area contributed by atoms with Crippen molar-refractivity contribution in [1.82, 2.24) is 10.2 Å². The lowest BCUT2D eigenvalue weighted by Crippen LogP contribution is -2.43. The summed E-state index contributed by atoms with van der Waals surface area (Å²) in [6.07, 6.45) is 2.44. The molecule has 0 spiro atoms. The fourth-order valence-corrected chi connectivity index (χ4v) is 1.85. The molecular formula is C10H21N3O. The highest BCUT2D eigenvalue weighted by atomic mass is 16.2. The van der Waals surface area contributed by atoms with Gasteiger partial charge in [0.1, 0.15) is 0 Å². The summed E-state index contributed by atoms with van der Waals surface area (Å²) < 4.78 is 0. The van der Waals surface area contributed by atoms with E-state index in [1.807, 2.05) is 0 Å². The number of carbonyl (C=O) groups excluding carboxylic acids is 1. The maximum absolute atomic E-state index is 11.2. The van der Waals surface area contributed by atoms with Crippen LogP contribution in [0.2, 0.25) is 0 Å². The van der Waals surface area contributed by atoms with Crippen molar-refractivity contribution in [3.63, 3.8) is 0 Å². The van der Waals surface area contributed by atoms with E-state index in [4.69, 9.17) is 5.73 Å². The fraction of sp³-hybridized carbons (Fsp3) is 0.900. The predicted octanol–water partition coefficient (Wildman–Crippen LogP) is -0.208. The second-order valence-corrected chi connectivity index (χ2v) is 4.30. The van der Waals surface area contributed by atoms with Crippen molar-refractivity contribution in [1.29, 1.82) is 0 Å². The Hall–Kier alpha value is -0.610. The monoisotopic (exact) mass is 199 g/mol. The third-order valence-electron chi connectivity index (χ3n) is 2.70. The Kier molecular flexibility index (Phi) is 4.35. The van der Waals surface area contributed by atoms with Crippen molar-refractivity contribution >= 4 is 5.91 Å². The van der Waals surface area contributed by atoms with Gasteiger partial charge in [-0.3, -0.25) is 4.79 Å². The largest absolute Gasteiger partial charge is 0.354 e. The second kappa shape index (κ2) is 5.32. The zero-order valence-corrected chi connectivity index (χ0v) is 9.12. The highest BCUT2D eigenvalue weighted by molar-refractivity contribution is 5.80. The van der Waals surface area contributed by atoms with Gasteiger partial charge in [0, 0.05) is 13.1 Å². The van der Waals surface area contributed by atoms with Gasteiger partial charge in [0.15, 0.2) is 0 Å². The van der Waals surface area contributed by atoms with E-state index in [9.17, 15) is 4.79 Å².